The number of hydrogen-bond donors (Lipinski definition) is 1. The molecule has 0 amide bonds. The first-order valence-electron chi connectivity index (χ1n) is 6.50. The van der Waals surface area contributed by atoms with Gasteiger partial charge in [-0.3, -0.25) is 0 Å². The lowest BCUT2D eigenvalue weighted by Crippen LogP contribution is -2.27. The van der Waals surface area contributed by atoms with Gasteiger partial charge in [-0.25, -0.2) is 4.39 Å². The van der Waals surface area contributed by atoms with E-state index in [1.807, 2.05) is 0 Å². The van der Waals surface area contributed by atoms with Gasteiger partial charge in [0.05, 0.1) is 0 Å². The number of halogens is 2. The molecule has 0 saturated heterocycles. The van der Waals surface area contributed by atoms with Gasteiger partial charge in [0.15, 0.2) is 0 Å². The number of nitrogens with one attached hydrogen (secondary N) is 1. The molecule has 98 valence electrons. The maximum Gasteiger partial charge on any atom is 0.126 e. The van der Waals surface area contributed by atoms with Crippen molar-refractivity contribution >= 4 is 17.3 Å². The zero-order valence-electron chi connectivity index (χ0n) is 10.5. The molecule has 1 N–H and O–H groups in total. The molecule has 0 spiro atoms. The van der Waals surface area contributed by atoms with Crippen LogP contribution in [0.5, 0.6) is 0 Å². The van der Waals surface area contributed by atoms with E-state index in [1.54, 1.807) is 6.07 Å². The normalized spacial score (nSPS) is 17.9. The van der Waals surface area contributed by atoms with Crippen LogP contribution in [0.4, 0.5) is 10.1 Å². The highest BCUT2D eigenvalue weighted by molar-refractivity contribution is 6.30. The van der Waals surface area contributed by atoms with Crippen LogP contribution in [0.25, 0.3) is 0 Å². The fourth-order valence-corrected chi connectivity index (χ4v) is 2.92. The Labute approximate surface area is 117 Å². The lowest BCUT2D eigenvalue weighted by Gasteiger charge is -2.26. The summed E-state index contributed by atoms with van der Waals surface area (Å²) in [5, 5.41) is 3.81. The van der Waals surface area contributed by atoms with E-state index in [2.05, 4.69) is 29.6 Å². The molecule has 1 aliphatic carbocycles. The minimum atomic E-state index is -0.300. The van der Waals surface area contributed by atoms with Gasteiger partial charge in [0.1, 0.15) is 5.82 Å². The van der Waals surface area contributed by atoms with Crippen molar-refractivity contribution in [2.24, 2.45) is 0 Å². The largest absolute Gasteiger partial charge is 0.382 e. The molecule has 0 radical (unpaired) electrons. The Morgan fingerprint density at radius 3 is 2.68 bits per heavy atom. The molecule has 1 unspecified atom stereocenters. The fourth-order valence-electron chi connectivity index (χ4n) is 2.69. The first-order chi connectivity index (χ1) is 9.20. The predicted molar refractivity (Wildman–Crippen MR) is 77.3 cm³/mol. The van der Waals surface area contributed by atoms with Crippen molar-refractivity contribution in [3.05, 3.63) is 64.4 Å². The summed E-state index contributed by atoms with van der Waals surface area (Å²) < 4.78 is 13.3. The summed E-state index contributed by atoms with van der Waals surface area (Å²) in [6.45, 7) is 0. The smallest absolute Gasteiger partial charge is 0.126 e. The molecule has 0 saturated carbocycles. The number of fused-ring (bicyclic) bond motifs is 1. The third kappa shape index (κ3) is 2.90. The molecule has 0 fully saturated rings. The second-order valence-electron chi connectivity index (χ2n) is 5.01. The Morgan fingerprint density at radius 2 is 1.89 bits per heavy atom. The van der Waals surface area contributed by atoms with Crippen LogP contribution in [0.2, 0.25) is 5.02 Å². The molecular weight excluding hydrogens is 261 g/mol. The topological polar surface area (TPSA) is 12.0 Å². The maximum absolute atomic E-state index is 13.3. The van der Waals surface area contributed by atoms with Crippen molar-refractivity contribution in [1.29, 1.82) is 0 Å². The maximum atomic E-state index is 13.3. The van der Waals surface area contributed by atoms with Crippen molar-refractivity contribution in [2.45, 2.75) is 25.3 Å². The minimum Gasteiger partial charge on any atom is -0.382 e. The summed E-state index contributed by atoms with van der Waals surface area (Å²) in [4.78, 5) is 0. The number of aryl methyl sites for hydroxylation is 1. The fraction of sp³-hybridized carbons (Fsp3) is 0.250. The molecule has 2 aromatic rings. The molecule has 0 bridgehead atoms. The lowest BCUT2D eigenvalue weighted by molar-refractivity contribution is 0.606. The second kappa shape index (κ2) is 5.22. The highest BCUT2D eigenvalue weighted by atomic mass is 35.5. The van der Waals surface area contributed by atoms with Crippen molar-refractivity contribution in [1.82, 2.24) is 0 Å². The Bertz CT molecular complexity index is 577. The van der Waals surface area contributed by atoms with E-state index in [-0.39, 0.29) is 5.82 Å². The molecule has 2 aromatic carbocycles. The van der Waals surface area contributed by atoms with Crippen molar-refractivity contribution in [2.75, 3.05) is 5.32 Å². The van der Waals surface area contributed by atoms with E-state index in [0.29, 0.717) is 11.1 Å². The first kappa shape index (κ1) is 12.5. The van der Waals surface area contributed by atoms with E-state index in [0.717, 1.165) is 24.9 Å². The highest BCUT2D eigenvalue weighted by Crippen LogP contribution is 2.25. The zero-order chi connectivity index (χ0) is 13.2. The van der Waals surface area contributed by atoms with Crippen LogP contribution in [0.1, 0.15) is 17.5 Å². The molecule has 1 nitrogen and oxygen atoms in total. The van der Waals surface area contributed by atoms with E-state index in [9.17, 15) is 4.39 Å². The Kier molecular flexibility index (Phi) is 3.43. The van der Waals surface area contributed by atoms with Crippen LogP contribution in [0.15, 0.2) is 42.5 Å². The first-order valence-corrected chi connectivity index (χ1v) is 6.88. The van der Waals surface area contributed by atoms with Crippen LogP contribution in [-0.4, -0.2) is 6.04 Å². The van der Waals surface area contributed by atoms with E-state index in [4.69, 9.17) is 11.6 Å². The van der Waals surface area contributed by atoms with Gasteiger partial charge in [0.25, 0.3) is 0 Å². The molecule has 0 heterocycles. The number of anilines is 1. The van der Waals surface area contributed by atoms with Crippen molar-refractivity contribution < 1.29 is 4.39 Å². The monoisotopic (exact) mass is 275 g/mol. The third-order valence-corrected chi connectivity index (χ3v) is 3.80. The molecule has 0 aromatic heterocycles. The molecule has 3 rings (SSSR count). The molecule has 1 atom stereocenters. The van der Waals surface area contributed by atoms with Crippen LogP contribution in [0.3, 0.4) is 0 Å². The van der Waals surface area contributed by atoms with E-state index < -0.39 is 0 Å². The van der Waals surface area contributed by atoms with Crippen LogP contribution in [0, 0.1) is 5.82 Å². The average Bonchev–Trinajstić information content (AvgIpc) is 2.37. The molecule has 19 heavy (non-hydrogen) atoms. The lowest BCUT2D eigenvalue weighted by atomic mass is 9.88. The number of hydrogen-bond acceptors (Lipinski definition) is 1. The molecular formula is C16H15ClFN. The van der Waals surface area contributed by atoms with Crippen LogP contribution >= 0.6 is 11.6 Å². The van der Waals surface area contributed by atoms with Crippen molar-refractivity contribution in [3.63, 3.8) is 0 Å². The third-order valence-electron chi connectivity index (χ3n) is 3.58. The zero-order valence-corrected chi connectivity index (χ0v) is 11.3. The number of benzene rings is 2. The van der Waals surface area contributed by atoms with E-state index in [1.165, 1.54) is 23.3 Å². The van der Waals surface area contributed by atoms with Gasteiger partial charge in [-0.05, 0) is 48.6 Å². The van der Waals surface area contributed by atoms with Gasteiger partial charge < -0.3 is 5.32 Å². The molecule has 1 aliphatic rings. The van der Waals surface area contributed by atoms with Gasteiger partial charge in [-0.15, -0.1) is 0 Å². The van der Waals surface area contributed by atoms with Crippen molar-refractivity contribution in [3.8, 4) is 0 Å². The summed E-state index contributed by atoms with van der Waals surface area (Å²) >= 11 is 5.87. The summed E-state index contributed by atoms with van der Waals surface area (Å²) in [6.07, 6.45) is 3.10. The number of rotatable bonds is 2. The SMILES string of the molecule is Fc1cc(Cl)cc(NC2CCc3ccccc3C2)c1. The summed E-state index contributed by atoms with van der Waals surface area (Å²) in [5.74, 6) is -0.300. The molecule has 0 aliphatic heterocycles. The summed E-state index contributed by atoms with van der Waals surface area (Å²) in [6, 6.07) is 13.4. The van der Waals surface area contributed by atoms with Crippen LogP contribution in [-0.2, 0) is 12.8 Å². The quantitative estimate of drug-likeness (QED) is 0.854. The summed E-state index contributed by atoms with van der Waals surface area (Å²) in [7, 11) is 0. The summed E-state index contributed by atoms with van der Waals surface area (Å²) in [5.41, 5.74) is 3.57. The van der Waals surface area contributed by atoms with Crippen LogP contribution < -0.4 is 5.32 Å². The minimum absolute atomic E-state index is 0.300. The van der Waals surface area contributed by atoms with Gasteiger partial charge >= 0.3 is 0 Å². The average molecular weight is 276 g/mol. The van der Waals surface area contributed by atoms with Gasteiger partial charge in [-0.2, -0.15) is 0 Å². The Morgan fingerprint density at radius 1 is 1.11 bits per heavy atom. The predicted octanol–water partition coefficient (Wildman–Crippen LogP) is 4.45. The van der Waals surface area contributed by atoms with Gasteiger partial charge in [0.2, 0.25) is 0 Å². The van der Waals surface area contributed by atoms with E-state index >= 15 is 0 Å². The Balaban J connectivity index is 1.75. The van der Waals surface area contributed by atoms with Gasteiger partial charge in [0, 0.05) is 16.8 Å². The highest BCUT2D eigenvalue weighted by Gasteiger charge is 2.18. The second-order valence-corrected chi connectivity index (χ2v) is 5.45. The standard InChI is InChI=1S/C16H15ClFN/c17-13-8-14(18)10-16(9-13)19-15-6-5-11-3-1-2-4-12(11)7-15/h1-4,8-10,15,19H,5-7H2. The van der Waals surface area contributed by atoms with Gasteiger partial charge in [-0.1, -0.05) is 35.9 Å². The Hall–Kier alpha value is -1.54. The molecule has 3 heteroatoms.